The fourth-order valence-electron chi connectivity index (χ4n) is 4.01. The van der Waals surface area contributed by atoms with E-state index in [1.54, 1.807) is 4.57 Å². The minimum Gasteiger partial charge on any atom is -0.356 e. The van der Waals surface area contributed by atoms with Gasteiger partial charge in [0.25, 0.3) is 5.56 Å². The average Bonchev–Trinajstić information content (AvgIpc) is 3.62. The van der Waals surface area contributed by atoms with Crippen molar-refractivity contribution in [2.45, 2.75) is 18.9 Å². The lowest BCUT2D eigenvalue weighted by Gasteiger charge is -2.31. The number of hydrogen-bond donors (Lipinski definition) is 1. The van der Waals surface area contributed by atoms with Crippen LogP contribution in [0.25, 0.3) is 11.4 Å². The van der Waals surface area contributed by atoms with Gasteiger partial charge in [0.1, 0.15) is 11.4 Å². The summed E-state index contributed by atoms with van der Waals surface area (Å²) in [5.74, 6) is 3.21. The smallest absolute Gasteiger partial charge is 0.337 e. The first-order valence-corrected chi connectivity index (χ1v) is 10.3. The number of nitrogens with zero attached hydrogens (tertiary/aromatic N) is 3. The lowest BCUT2D eigenvalue weighted by Crippen LogP contribution is -2.45. The van der Waals surface area contributed by atoms with Crippen LogP contribution in [0.4, 0.5) is 11.5 Å². The van der Waals surface area contributed by atoms with Crippen LogP contribution in [0.5, 0.6) is 0 Å². The molecule has 1 fully saturated rings. The Bertz CT molecular complexity index is 1340. The first-order chi connectivity index (χ1) is 15.1. The number of fused-ring (bicyclic) bond motifs is 1. The van der Waals surface area contributed by atoms with E-state index in [9.17, 15) is 9.59 Å². The van der Waals surface area contributed by atoms with Crippen molar-refractivity contribution < 1.29 is 0 Å². The molecule has 2 heterocycles. The molecule has 1 N–H and O–H groups in total. The quantitative estimate of drug-likeness (QED) is 0.671. The van der Waals surface area contributed by atoms with Crippen LogP contribution < -0.4 is 21.5 Å². The van der Waals surface area contributed by atoms with Crippen LogP contribution in [0.2, 0.25) is 0 Å². The Balaban J connectivity index is 1.72. The minimum absolute atomic E-state index is 0.0383. The van der Waals surface area contributed by atoms with E-state index in [-0.39, 0.29) is 17.3 Å². The number of benzene rings is 2. The van der Waals surface area contributed by atoms with E-state index in [0.717, 1.165) is 29.8 Å². The number of para-hydroxylation sites is 1. The zero-order valence-corrected chi connectivity index (χ0v) is 17.2. The normalized spacial score (nSPS) is 15.1. The first kappa shape index (κ1) is 19.0. The number of hydrogen-bond acceptors (Lipinski definition) is 4. The summed E-state index contributed by atoms with van der Waals surface area (Å²) in [6, 6.07) is 16.9. The molecule has 6 nitrogen and oxygen atoms in total. The molecule has 0 amide bonds. The van der Waals surface area contributed by atoms with Gasteiger partial charge in [-0.3, -0.25) is 9.36 Å². The number of rotatable bonds is 4. The monoisotopic (exact) mass is 410 g/mol. The summed E-state index contributed by atoms with van der Waals surface area (Å²) >= 11 is 0. The van der Waals surface area contributed by atoms with Gasteiger partial charge < -0.3 is 10.2 Å². The molecule has 5 rings (SSSR count). The maximum absolute atomic E-state index is 13.6. The van der Waals surface area contributed by atoms with Gasteiger partial charge in [0.15, 0.2) is 0 Å². The predicted molar refractivity (Wildman–Crippen MR) is 124 cm³/mol. The molecule has 1 aliphatic heterocycles. The summed E-state index contributed by atoms with van der Waals surface area (Å²) in [4.78, 5) is 29.0. The Morgan fingerprint density at radius 1 is 1.03 bits per heavy atom. The van der Waals surface area contributed by atoms with Crippen molar-refractivity contribution in [3.63, 3.8) is 0 Å². The van der Waals surface area contributed by atoms with Crippen LogP contribution >= 0.6 is 0 Å². The summed E-state index contributed by atoms with van der Waals surface area (Å²) in [6.07, 6.45) is 9.13. The maximum atomic E-state index is 13.6. The highest BCUT2D eigenvalue weighted by Crippen LogP contribution is 2.35. The van der Waals surface area contributed by atoms with Gasteiger partial charge in [-0.1, -0.05) is 24.1 Å². The van der Waals surface area contributed by atoms with E-state index in [1.165, 1.54) is 4.57 Å². The molecule has 1 saturated carbocycles. The van der Waals surface area contributed by atoms with Crippen molar-refractivity contribution in [3.05, 3.63) is 92.6 Å². The van der Waals surface area contributed by atoms with Crippen LogP contribution in [0.1, 0.15) is 30.0 Å². The topological polar surface area (TPSA) is 59.3 Å². The lowest BCUT2D eigenvalue weighted by atomic mass is 10.1. The van der Waals surface area contributed by atoms with Crippen molar-refractivity contribution >= 4 is 17.2 Å². The fraction of sp³-hybridized carbons (Fsp3) is 0.200. The van der Waals surface area contributed by atoms with Crippen LogP contribution in [0.15, 0.2) is 70.3 Å². The SMILES string of the molecule is C#Cc1ccc(NC2=CCN(C)c3c2c(=O)n(C2CC2)c(=O)n3-c2ccccc2)cc1. The van der Waals surface area contributed by atoms with Gasteiger partial charge in [-0.05, 0) is 55.3 Å². The molecule has 1 aliphatic carbocycles. The van der Waals surface area contributed by atoms with Gasteiger partial charge in [-0.2, -0.15) is 0 Å². The highest BCUT2D eigenvalue weighted by Gasteiger charge is 2.34. The van der Waals surface area contributed by atoms with Crippen molar-refractivity contribution in [2.75, 3.05) is 23.8 Å². The van der Waals surface area contributed by atoms with Crippen LogP contribution in [-0.4, -0.2) is 22.7 Å². The standard InChI is InChI=1S/C25H22N4O2/c1-3-17-9-11-18(12-10-17)26-21-15-16-27(2)23-22(21)24(30)29(20-13-14-20)25(31)28(23)19-7-5-4-6-8-19/h1,4-12,15,20,26H,13-14,16H2,2H3. The largest absolute Gasteiger partial charge is 0.356 e. The molecule has 0 atom stereocenters. The van der Waals surface area contributed by atoms with Gasteiger partial charge in [0, 0.05) is 30.9 Å². The number of terminal acetylenes is 1. The molecule has 3 aromatic rings. The first-order valence-electron chi connectivity index (χ1n) is 10.3. The number of likely N-dealkylation sites (N-methyl/N-ethyl adjacent to an activating group) is 1. The Kier molecular flexibility index (Phi) is 4.52. The van der Waals surface area contributed by atoms with Crippen molar-refractivity contribution in [3.8, 4) is 18.0 Å². The second kappa shape index (κ2) is 7.37. The van der Waals surface area contributed by atoms with Gasteiger partial charge >= 0.3 is 5.69 Å². The molecule has 0 saturated heterocycles. The van der Waals surface area contributed by atoms with E-state index in [0.29, 0.717) is 23.6 Å². The Labute approximate surface area is 180 Å². The molecule has 31 heavy (non-hydrogen) atoms. The van der Waals surface area contributed by atoms with Crippen LogP contribution in [0, 0.1) is 12.3 Å². The van der Waals surface area contributed by atoms with Gasteiger partial charge in [-0.15, -0.1) is 6.42 Å². The lowest BCUT2D eigenvalue weighted by molar-refractivity contribution is 0.624. The average molecular weight is 410 g/mol. The zero-order valence-electron chi connectivity index (χ0n) is 17.2. The van der Waals surface area contributed by atoms with E-state index >= 15 is 0 Å². The van der Waals surface area contributed by atoms with E-state index < -0.39 is 0 Å². The fourth-order valence-corrected chi connectivity index (χ4v) is 4.01. The second-order valence-corrected chi connectivity index (χ2v) is 7.90. The zero-order chi connectivity index (χ0) is 21.5. The number of anilines is 2. The van der Waals surface area contributed by atoms with Crippen LogP contribution in [0.3, 0.4) is 0 Å². The molecule has 6 heteroatoms. The van der Waals surface area contributed by atoms with Crippen molar-refractivity contribution in [2.24, 2.45) is 0 Å². The molecule has 0 radical (unpaired) electrons. The van der Waals surface area contributed by atoms with E-state index in [4.69, 9.17) is 6.42 Å². The number of nitrogens with one attached hydrogen (secondary N) is 1. The Morgan fingerprint density at radius 2 is 1.74 bits per heavy atom. The second-order valence-electron chi connectivity index (χ2n) is 7.90. The predicted octanol–water partition coefficient (Wildman–Crippen LogP) is 3.22. The molecule has 0 bridgehead atoms. The van der Waals surface area contributed by atoms with Gasteiger partial charge in [0.2, 0.25) is 0 Å². The molecule has 2 aromatic carbocycles. The highest BCUT2D eigenvalue weighted by atomic mass is 16.2. The number of aromatic nitrogens is 2. The third-order valence-corrected chi connectivity index (χ3v) is 5.72. The summed E-state index contributed by atoms with van der Waals surface area (Å²) in [6.45, 7) is 0.566. The summed E-state index contributed by atoms with van der Waals surface area (Å²) < 4.78 is 3.08. The maximum Gasteiger partial charge on any atom is 0.337 e. The van der Waals surface area contributed by atoms with Gasteiger partial charge in [0.05, 0.1) is 11.4 Å². The van der Waals surface area contributed by atoms with Gasteiger partial charge in [-0.25, -0.2) is 9.36 Å². The van der Waals surface area contributed by atoms with E-state index in [1.807, 2.05) is 72.6 Å². The summed E-state index contributed by atoms with van der Waals surface area (Å²) in [7, 11) is 1.90. The third-order valence-electron chi connectivity index (χ3n) is 5.72. The highest BCUT2D eigenvalue weighted by molar-refractivity contribution is 5.85. The Hall–Kier alpha value is -3.98. The molecule has 154 valence electrons. The minimum atomic E-state index is -0.288. The summed E-state index contributed by atoms with van der Waals surface area (Å²) in [5.41, 5.74) is 3.03. The van der Waals surface area contributed by atoms with Crippen molar-refractivity contribution in [1.29, 1.82) is 0 Å². The van der Waals surface area contributed by atoms with Crippen molar-refractivity contribution in [1.82, 2.24) is 9.13 Å². The third kappa shape index (κ3) is 3.24. The molecule has 0 spiro atoms. The molecule has 0 unspecified atom stereocenters. The molecular formula is C25H22N4O2. The Morgan fingerprint density at radius 3 is 2.39 bits per heavy atom. The van der Waals surface area contributed by atoms with E-state index in [2.05, 4.69) is 11.2 Å². The molecule has 2 aliphatic rings. The summed E-state index contributed by atoms with van der Waals surface area (Å²) in [5, 5.41) is 3.37. The molecular weight excluding hydrogens is 388 g/mol. The molecule has 1 aromatic heterocycles. The van der Waals surface area contributed by atoms with Crippen LogP contribution in [-0.2, 0) is 0 Å².